The van der Waals surface area contributed by atoms with Crippen LogP contribution in [-0.4, -0.2) is 18.1 Å². The fraction of sp³-hybridized carbons (Fsp3) is 0.400. The first kappa shape index (κ1) is 13.1. The van der Waals surface area contributed by atoms with Crippen LogP contribution < -0.4 is 5.32 Å². The van der Waals surface area contributed by atoms with Crippen LogP contribution >= 0.6 is 22.9 Å². The predicted octanol–water partition coefficient (Wildman–Crippen LogP) is 4.24. The standard InChI is InChI=1S/C15H17ClN2S/c1-10-14(12-3-2-4-13(16)9-12)19-15(18-10)11-5-7-17-8-6-11/h2-4,9,11,17H,5-8H2,1H3. The fourth-order valence-corrected chi connectivity index (χ4v) is 3.98. The quantitative estimate of drug-likeness (QED) is 0.895. The largest absolute Gasteiger partial charge is 0.317 e. The molecule has 0 bridgehead atoms. The van der Waals surface area contributed by atoms with E-state index in [4.69, 9.17) is 16.6 Å². The molecule has 0 unspecified atom stereocenters. The fourth-order valence-electron chi connectivity index (χ4n) is 2.56. The molecule has 4 heteroatoms. The summed E-state index contributed by atoms with van der Waals surface area (Å²) in [4.78, 5) is 6.05. The van der Waals surface area contributed by atoms with E-state index in [1.165, 1.54) is 28.3 Å². The lowest BCUT2D eigenvalue weighted by molar-refractivity contribution is 0.459. The second kappa shape index (κ2) is 5.61. The summed E-state index contributed by atoms with van der Waals surface area (Å²) in [5.74, 6) is 0.623. The maximum Gasteiger partial charge on any atom is 0.0966 e. The Balaban J connectivity index is 1.92. The van der Waals surface area contributed by atoms with Crippen molar-refractivity contribution >= 4 is 22.9 Å². The minimum Gasteiger partial charge on any atom is -0.317 e. The number of halogens is 1. The van der Waals surface area contributed by atoms with Gasteiger partial charge in [0.05, 0.1) is 15.6 Å². The molecule has 0 saturated carbocycles. The molecular formula is C15H17ClN2S. The van der Waals surface area contributed by atoms with Gasteiger partial charge in [-0.15, -0.1) is 11.3 Å². The third kappa shape index (κ3) is 2.83. The van der Waals surface area contributed by atoms with Crippen molar-refractivity contribution in [1.29, 1.82) is 0 Å². The van der Waals surface area contributed by atoms with Crippen LogP contribution in [0.25, 0.3) is 10.4 Å². The Bertz CT molecular complexity index is 573. The Morgan fingerprint density at radius 3 is 2.84 bits per heavy atom. The number of thiazole rings is 1. The van der Waals surface area contributed by atoms with Crippen LogP contribution in [0.3, 0.4) is 0 Å². The molecule has 2 nitrogen and oxygen atoms in total. The number of nitrogens with zero attached hydrogens (tertiary/aromatic N) is 1. The van der Waals surface area contributed by atoms with E-state index in [1.807, 2.05) is 29.5 Å². The van der Waals surface area contributed by atoms with Gasteiger partial charge in [0, 0.05) is 10.9 Å². The van der Waals surface area contributed by atoms with Gasteiger partial charge >= 0.3 is 0 Å². The summed E-state index contributed by atoms with van der Waals surface area (Å²) >= 11 is 7.91. The number of aromatic nitrogens is 1. The molecular weight excluding hydrogens is 276 g/mol. The number of nitrogens with one attached hydrogen (secondary N) is 1. The second-order valence-corrected chi connectivity index (χ2v) is 6.47. The molecule has 1 aliphatic rings. The van der Waals surface area contributed by atoms with Gasteiger partial charge in [0.2, 0.25) is 0 Å². The van der Waals surface area contributed by atoms with Gasteiger partial charge in [-0.3, -0.25) is 0 Å². The summed E-state index contributed by atoms with van der Waals surface area (Å²) in [5.41, 5.74) is 2.31. The Labute approximate surface area is 122 Å². The molecule has 19 heavy (non-hydrogen) atoms. The number of piperidine rings is 1. The number of aryl methyl sites for hydroxylation is 1. The van der Waals surface area contributed by atoms with E-state index >= 15 is 0 Å². The van der Waals surface area contributed by atoms with Gasteiger partial charge in [-0.2, -0.15) is 0 Å². The maximum atomic E-state index is 6.08. The van der Waals surface area contributed by atoms with Crippen molar-refractivity contribution in [2.45, 2.75) is 25.7 Å². The average molecular weight is 293 g/mol. The first-order valence-electron chi connectivity index (χ1n) is 6.68. The van der Waals surface area contributed by atoms with Crippen molar-refractivity contribution in [2.24, 2.45) is 0 Å². The zero-order chi connectivity index (χ0) is 13.2. The van der Waals surface area contributed by atoms with Crippen molar-refractivity contribution in [3.63, 3.8) is 0 Å². The smallest absolute Gasteiger partial charge is 0.0966 e. The molecule has 1 aromatic heterocycles. The molecule has 0 atom stereocenters. The highest BCUT2D eigenvalue weighted by atomic mass is 35.5. The van der Waals surface area contributed by atoms with Crippen LogP contribution in [0.2, 0.25) is 5.02 Å². The highest BCUT2D eigenvalue weighted by Gasteiger charge is 2.20. The van der Waals surface area contributed by atoms with Crippen molar-refractivity contribution in [1.82, 2.24) is 10.3 Å². The molecule has 0 amide bonds. The summed E-state index contributed by atoms with van der Waals surface area (Å²) in [7, 11) is 0. The van der Waals surface area contributed by atoms with Gasteiger partial charge in [-0.05, 0) is 50.6 Å². The van der Waals surface area contributed by atoms with E-state index in [9.17, 15) is 0 Å². The first-order valence-corrected chi connectivity index (χ1v) is 7.87. The minimum atomic E-state index is 0.623. The SMILES string of the molecule is Cc1nc(C2CCNCC2)sc1-c1cccc(Cl)c1. The van der Waals surface area contributed by atoms with Crippen LogP contribution in [0.4, 0.5) is 0 Å². The third-order valence-corrected chi connectivity index (χ3v) is 5.19. The molecule has 100 valence electrons. The summed E-state index contributed by atoms with van der Waals surface area (Å²) < 4.78 is 0. The van der Waals surface area contributed by atoms with E-state index in [2.05, 4.69) is 18.3 Å². The molecule has 1 N–H and O–H groups in total. The normalized spacial score (nSPS) is 16.7. The first-order chi connectivity index (χ1) is 9.24. The van der Waals surface area contributed by atoms with Crippen LogP contribution in [0.5, 0.6) is 0 Å². The van der Waals surface area contributed by atoms with Crippen LogP contribution in [0, 0.1) is 6.92 Å². The van der Waals surface area contributed by atoms with Crippen LogP contribution in [0.15, 0.2) is 24.3 Å². The van der Waals surface area contributed by atoms with Crippen molar-refractivity contribution < 1.29 is 0 Å². The minimum absolute atomic E-state index is 0.623. The summed E-state index contributed by atoms with van der Waals surface area (Å²) in [5, 5.41) is 5.48. The zero-order valence-electron chi connectivity index (χ0n) is 10.9. The molecule has 0 radical (unpaired) electrons. The lowest BCUT2D eigenvalue weighted by Crippen LogP contribution is -2.26. The van der Waals surface area contributed by atoms with Gasteiger partial charge in [-0.25, -0.2) is 4.98 Å². The molecule has 1 saturated heterocycles. The predicted molar refractivity (Wildman–Crippen MR) is 82.1 cm³/mol. The molecule has 0 spiro atoms. The molecule has 3 rings (SSSR count). The van der Waals surface area contributed by atoms with E-state index in [1.54, 1.807) is 0 Å². The summed E-state index contributed by atoms with van der Waals surface area (Å²) in [6.07, 6.45) is 2.39. The maximum absolute atomic E-state index is 6.08. The lowest BCUT2D eigenvalue weighted by Gasteiger charge is -2.20. The highest BCUT2D eigenvalue weighted by molar-refractivity contribution is 7.15. The van der Waals surface area contributed by atoms with Gasteiger partial charge in [0.15, 0.2) is 0 Å². The van der Waals surface area contributed by atoms with E-state index in [-0.39, 0.29) is 0 Å². The Kier molecular flexibility index (Phi) is 3.87. The Hall–Kier alpha value is -0.900. The lowest BCUT2D eigenvalue weighted by atomic mass is 9.99. The van der Waals surface area contributed by atoms with Gasteiger partial charge in [0.25, 0.3) is 0 Å². The van der Waals surface area contributed by atoms with Crippen molar-refractivity contribution in [3.8, 4) is 10.4 Å². The van der Waals surface area contributed by atoms with Crippen molar-refractivity contribution in [2.75, 3.05) is 13.1 Å². The number of rotatable bonds is 2. The summed E-state index contributed by atoms with van der Waals surface area (Å²) in [6, 6.07) is 8.04. The second-order valence-electron chi connectivity index (χ2n) is 5.00. The Morgan fingerprint density at radius 1 is 1.32 bits per heavy atom. The Morgan fingerprint density at radius 2 is 2.11 bits per heavy atom. The summed E-state index contributed by atoms with van der Waals surface area (Å²) in [6.45, 7) is 4.31. The zero-order valence-corrected chi connectivity index (χ0v) is 12.5. The van der Waals surface area contributed by atoms with Gasteiger partial charge in [-0.1, -0.05) is 23.7 Å². The molecule has 1 fully saturated rings. The molecule has 1 aromatic carbocycles. The molecule has 0 aliphatic carbocycles. The van der Waals surface area contributed by atoms with Gasteiger partial charge in [0.1, 0.15) is 0 Å². The molecule has 1 aliphatic heterocycles. The van der Waals surface area contributed by atoms with E-state index < -0.39 is 0 Å². The monoisotopic (exact) mass is 292 g/mol. The molecule has 2 heterocycles. The van der Waals surface area contributed by atoms with Crippen LogP contribution in [0.1, 0.15) is 29.5 Å². The number of hydrogen-bond donors (Lipinski definition) is 1. The average Bonchev–Trinajstić information content (AvgIpc) is 2.82. The third-order valence-electron chi connectivity index (χ3n) is 3.59. The van der Waals surface area contributed by atoms with Crippen LogP contribution in [-0.2, 0) is 0 Å². The van der Waals surface area contributed by atoms with E-state index in [0.29, 0.717) is 5.92 Å². The number of hydrogen-bond acceptors (Lipinski definition) is 3. The molecule has 2 aromatic rings. The van der Waals surface area contributed by atoms with Gasteiger partial charge < -0.3 is 5.32 Å². The number of benzene rings is 1. The van der Waals surface area contributed by atoms with Crippen molar-refractivity contribution in [3.05, 3.63) is 40.0 Å². The topological polar surface area (TPSA) is 24.9 Å². The highest BCUT2D eigenvalue weighted by Crippen LogP contribution is 2.36. The van der Waals surface area contributed by atoms with E-state index in [0.717, 1.165) is 23.8 Å².